The summed E-state index contributed by atoms with van der Waals surface area (Å²) < 4.78 is 32.5. The number of amides is 1. The molecule has 3 heterocycles. The molecule has 9 nitrogen and oxygen atoms in total. The van der Waals surface area contributed by atoms with Gasteiger partial charge in [-0.2, -0.15) is 9.40 Å². The maximum atomic E-state index is 13.0. The molecule has 10 heteroatoms. The highest BCUT2D eigenvalue weighted by Crippen LogP contribution is 2.32. The number of nitrogens with zero attached hydrogens (tertiary/aromatic N) is 4. The molecular weight excluding hydrogens is 418 g/mol. The Labute approximate surface area is 181 Å². The van der Waals surface area contributed by atoms with Gasteiger partial charge in [0.15, 0.2) is 11.5 Å². The number of aromatic amines is 1. The molecule has 1 amide bonds. The first-order valence-corrected chi connectivity index (χ1v) is 11.5. The van der Waals surface area contributed by atoms with E-state index in [0.29, 0.717) is 43.1 Å². The van der Waals surface area contributed by atoms with Gasteiger partial charge in [0.25, 0.3) is 5.91 Å². The molecule has 1 saturated heterocycles. The third kappa shape index (κ3) is 4.00. The minimum absolute atomic E-state index is 0.104. The van der Waals surface area contributed by atoms with Crippen LogP contribution in [-0.2, 0) is 10.0 Å². The van der Waals surface area contributed by atoms with Crippen molar-refractivity contribution >= 4 is 21.6 Å². The Morgan fingerprint density at radius 1 is 1.19 bits per heavy atom. The lowest BCUT2D eigenvalue weighted by Gasteiger charge is -2.30. The smallest absolute Gasteiger partial charge is 0.278 e. The molecule has 2 aromatic heterocycles. The van der Waals surface area contributed by atoms with Crippen LogP contribution in [0.25, 0.3) is 0 Å². The zero-order valence-corrected chi connectivity index (χ0v) is 18.5. The molecule has 0 aliphatic carbocycles. The number of benzene rings is 1. The van der Waals surface area contributed by atoms with Crippen molar-refractivity contribution in [1.29, 1.82) is 0 Å². The maximum absolute atomic E-state index is 13.0. The van der Waals surface area contributed by atoms with E-state index in [9.17, 15) is 13.2 Å². The highest BCUT2D eigenvalue weighted by atomic mass is 32.2. The molecule has 4 rings (SSSR count). The maximum Gasteiger partial charge on any atom is 0.278 e. The van der Waals surface area contributed by atoms with Gasteiger partial charge >= 0.3 is 0 Å². The molecule has 31 heavy (non-hydrogen) atoms. The summed E-state index contributed by atoms with van der Waals surface area (Å²) in [5.74, 6) is 0.207. The van der Waals surface area contributed by atoms with Crippen molar-refractivity contribution < 1.29 is 17.7 Å². The molecule has 0 radical (unpaired) electrons. The normalized spacial score (nSPS) is 15.8. The third-order valence-electron chi connectivity index (χ3n) is 5.72. The fraction of sp³-hybridized carbons (Fsp3) is 0.381. The van der Waals surface area contributed by atoms with Crippen LogP contribution in [0.5, 0.6) is 0 Å². The predicted molar refractivity (Wildman–Crippen MR) is 114 cm³/mol. The standard InChI is InChI=1S/C21H25N5O4S/c1-14-20(15(2)30-24-14)31(28,29)26-11-9-16(10-12-26)18-13-19(23-22-18)21(27)25(3)17-7-5-4-6-8-17/h4-8,13,16H,9-12H2,1-3H3,(H,22,23). The van der Waals surface area contributed by atoms with Gasteiger partial charge in [-0.1, -0.05) is 23.4 Å². The number of nitrogens with one attached hydrogen (secondary N) is 1. The summed E-state index contributed by atoms with van der Waals surface area (Å²) in [7, 11) is -1.93. The van der Waals surface area contributed by atoms with E-state index in [1.54, 1.807) is 31.9 Å². The van der Waals surface area contributed by atoms with Crippen molar-refractivity contribution in [3.05, 3.63) is 59.2 Å². The molecule has 0 spiro atoms. The molecule has 0 atom stereocenters. The number of hydrogen-bond donors (Lipinski definition) is 1. The summed E-state index contributed by atoms with van der Waals surface area (Å²) in [6, 6.07) is 11.1. The first-order chi connectivity index (χ1) is 14.8. The second-order valence-corrected chi connectivity index (χ2v) is 9.61. The number of H-pyrrole nitrogens is 1. The number of aromatic nitrogens is 3. The molecule has 1 aliphatic rings. The van der Waals surface area contributed by atoms with Gasteiger partial charge < -0.3 is 9.42 Å². The van der Waals surface area contributed by atoms with Crippen molar-refractivity contribution in [2.75, 3.05) is 25.0 Å². The number of aryl methyl sites for hydroxylation is 2. The van der Waals surface area contributed by atoms with Crippen LogP contribution in [-0.4, -0.2) is 54.1 Å². The van der Waals surface area contributed by atoms with Gasteiger partial charge in [-0.05, 0) is 44.9 Å². The molecular formula is C21H25N5O4S. The first kappa shape index (κ1) is 21.3. The third-order valence-corrected chi connectivity index (χ3v) is 7.87. The number of sulfonamides is 1. The monoisotopic (exact) mass is 443 g/mol. The molecule has 1 aromatic carbocycles. The number of hydrogen-bond acceptors (Lipinski definition) is 6. The zero-order valence-electron chi connectivity index (χ0n) is 17.7. The average Bonchev–Trinajstić information content (AvgIpc) is 3.40. The Hall–Kier alpha value is -2.98. The second-order valence-electron chi connectivity index (χ2n) is 7.74. The quantitative estimate of drug-likeness (QED) is 0.649. The number of carbonyl (C=O) groups is 1. The van der Waals surface area contributed by atoms with E-state index in [0.717, 1.165) is 11.4 Å². The van der Waals surface area contributed by atoms with Gasteiger partial charge in [0.1, 0.15) is 10.6 Å². The van der Waals surface area contributed by atoms with Gasteiger partial charge in [0, 0.05) is 37.4 Å². The Morgan fingerprint density at radius 2 is 1.87 bits per heavy atom. The number of carbonyl (C=O) groups excluding carboxylic acids is 1. The highest BCUT2D eigenvalue weighted by molar-refractivity contribution is 7.89. The van der Waals surface area contributed by atoms with Gasteiger partial charge in [-0.25, -0.2) is 8.42 Å². The second kappa shape index (κ2) is 8.27. The molecule has 1 N–H and O–H groups in total. The fourth-order valence-electron chi connectivity index (χ4n) is 3.98. The van der Waals surface area contributed by atoms with Gasteiger partial charge in [0.2, 0.25) is 10.0 Å². The predicted octanol–water partition coefficient (Wildman–Crippen LogP) is 2.86. The van der Waals surface area contributed by atoms with Crippen LogP contribution in [0.2, 0.25) is 0 Å². The van der Waals surface area contributed by atoms with Crippen LogP contribution in [0, 0.1) is 13.8 Å². The molecule has 1 fully saturated rings. The summed E-state index contributed by atoms with van der Waals surface area (Å²) in [5.41, 5.74) is 2.35. The minimum Gasteiger partial charge on any atom is -0.360 e. The van der Waals surface area contributed by atoms with Gasteiger partial charge in [0.05, 0.1) is 0 Å². The van der Waals surface area contributed by atoms with Crippen molar-refractivity contribution in [2.45, 2.75) is 37.5 Å². The summed E-state index contributed by atoms with van der Waals surface area (Å²) in [6.45, 7) is 3.99. The van der Waals surface area contributed by atoms with Crippen LogP contribution >= 0.6 is 0 Å². The van der Waals surface area contributed by atoms with Crippen LogP contribution in [0.15, 0.2) is 45.8 Å². The fourth-order valence-corrected chi connectivity index (χ4v) is 5.74. The number of rotatable bonds is 5. The van der Waals surface area contributed by atoms with E-state index in [-0.39, 0.29) is 16.7 Å². The van der Waals surface area contributed by atoms with Crippen molar-refractivity contribution in [2.24, 2.45) is 0 Å². The van der Waals surface area contributed by atoms with E-state index >= 15 is 0 Å². The van der Waals surface area contributed by atoms with Crippen molar-refractivity contribution in [3.63, 3.8) is 0 Å². The molecule has 164 valence electrons. The SMILES string of the molecule is Cc1noc(C)c1S(=O)(=O)N1CCC(c2cc(C(=O)N(C)c3ccccc3)n[nH]2)CC1. The summed E-state index contributed by atoms with van der Waals surface area (Å²) in [5, 5.41) is 10.9. The summed E-state index contributed by atoms with van der Waals surface area (Å²) >= 11 is 0. The Kier molecular flexibility index (Phi) is 5.67. The minimum atomic E-state index is -3.65. The topological polar surface area (TPSA) is 112 Å². The van der Waals surface area contributed by atoms with Crippen LogP contribution in [0.3, 0.4) is 0 Å². The van der Waals surface area contributed by atoms with Crippen LogP contribution in [0.1, 0.15) is 46.4 Å². The van der Waals surface area contributed by atoms with Crippen LogP contribution in [0.4, 0.5) is 5.69 Å². The average molecular weight is 444 g/mol. The summed E-state index contributed by atoms with van der Waals surface area (Å²) in [6.07, 6.45) is 1.26. The highest BCUT2D eigenvalue weighted by Gasteiger charge is 2.34. The van der Waals surface area contributed by atoms with Crippen molar-refractivity contribution in [3.8, 4) is 0 Å². The van der Waals surface area contributed by atoms with E-state index in [4.69, 9.17) is 4.52 Å². The number of anilines is 1. The first-order valence-electron chi connectivity index (χ1n) is 10.1. The Balaban J connectivity index is 1.43. The molecule has 0 unspecified atom stereocenters. The Morgan fingerprint density at radius 3 is 2.48 bits per heavy atom. The number of piperidine rings is 1. The van der Waals surface area contributed by atoms with E-state index in [1.807, 2.05) is 30.3 Å². The van der Waals surface area contributed by atoms with E-state index in [1.165, 1.54) is 4.31 Å². The summed E-state index contributed by atoms with van der Waals surface area (Å²) in [4.78, 5) is 14.5. The molecule has 1 aliphatic heterocycles. The van der Waals surface area contributed by atoms with Gasteiger partial charge in [-0.15, -0.1) is 0 Å². The van der Waals surface area contributed by atoms with Crippen molar-refractivity contribution in [1.82, 2.24) is 19.7 Å². The molecule has 0 saturated carbocycles. The molecule has 3 aromatic rings. The Bertz CT molecular complexity index is 1160. The van der Waals surface area contributed by atoms with Crippen LogP contribution < -0.4 is 4.90 Å². The van der Waals surface area contributed by atoms with Gasteiger partial charge in [-0.3, -0.25) is 9.89 Å². The lowest BCUT2D eigenvalue weighted by molar-refractivity contribution is 0.0988. The largest absolute Gasteiger partial charge is 0.360 e. The molecule has 0 bridgehead atoms. The lowest BCUT2D eigenvalue weighted by atomic mass is 9.94. The lowest BCUT2D eigenvalue weighted by Crippen LogP contribution is -2.38. The number of para-hydroxylation sites is 1. The van der Waals surface area contributed by atoms with E-state index in [2.05, 4.69) is 15.4 Å². The van der Waals surface area contributed by atoms with E-state index < -0.39 is 10.0 Å². The zero-order chi connectivity index (χ0) is 22.2.